The largest absolute Gasteiger partial charge is 0.463 e. The summed E-state index contributed by atoms with van der Waals surface area (Å²) in [6.07, 6.45) is 5.25. The molecule has 3 rings (SSSR count). The number of nitro groups is 1. The first-order valence-corrected chi connectivity index (χ1v) is 9.23. The lowest BCUT2D eigenvalue weighted by molar-refractivity contribution is -0.385. The van der Waals surface area contributed by atoms with Crippen LogP contribution in [0.25, 0.3) is 0 Å². The first kappa shape index (κ1) is 20.3. The lowest BCUT2D eigenvalue weighted by Gasteiger charge is -2.26. The highest BCUT2D eigenvalue weighted by atomic mass is 16.6. The van der Waals surface area contributed by atoms with Crippen LogP contribution in [0, 0.1) is 23.0 Å². The lowest BCUT2D eigenvalue weighted by atomic mass is 9.90. The van der Waals surface area contributed by atoms with Crippen LogP contribution < -0.4 is 0 Å². The van der Waals surface area contributed by atoms with Gasteiger partial charge in [0.1, 0.15) is 5.76 Å². The predicted octanol–water partition coefficient (Wildman–Crippen LogP) is 3.28. The monoisotopic (exact) mass is 398 g/mol. The van der Waals surface area contributed by atoms with Gasteiger partial charge in [0, 0.05) is 30.3 Å². The highest BCUT2D eigenvalue weighted by Crippen LogP contribution is 2.38. The van der Waals surface area contributed by atoms with E-state index >= 15 is 0 Å². The fourth-order valence-corrected chi connectivity index (χ4v) is 3.69. The van der Waals surface area contributed by atoms with Crippen LogP contribution in [0.2, 0.25) is 0 Å². The third kappa shape index (κ3) is 3.65. The van der Waals surface area contributed by atoms with E-state index in [2.05, 4.69) is 0 Å². The zero-order valence-corrected chi connectivity index (χ0v) is 16.7. The Morgan fingerprint density at radius 3 is 2.62 bits per heavy atom. The molecule has 0 N–H and O–H groups in total. The zero-order valence-electron chi connectivity index (χ0n) is 16.7. The fraction of sp³-hybridized carbons (Fsp3) is 0.333. The second-order valence-electron chi connectivity index (χ2n) is 6.87. The number of hydrogen-bond donors (Lipinski definition) is 0. The van der Waals surface area contributed by atoms with Crippen molar-refractivity contribution in [2.24, 2.45) is 5.92 Å². The number of ether oxygens (including phenoxy) is 2. The summed E-state index contributed by atoms with van der Waals surface area (Å²) >= 11 is 0. The molecule has 1 aliphatic carbocycles. The number of carbonyl (C=O) groups is 2. The Kier molecular flexibility index (Phi) is 5.54. The molecule has 0 saturated carbocycles. The maximum absolute atomic E-state index is 12.6. The molecule has 0 spiro atoms. The van der Waals surface area contributed by atoms with Crippen molar-refractivity contribution in [1.82, 2.24) is 4.90 Å². The fourth-order valence-electron chi connectivity index (χ4n) is 3.69. The van der Waals surface area contributed by atoms with Crippen LogP contribution in [-0.2, 0) is 14.3 Å². The van der Waals surface area contributed by atoms with Crippen LogP contribution in [0.3, 0.4) is 0 Å². The van der Waals surface area contributed by atoms with Gasteiger partial charge in [0.15, 0.2) is 0 Å². The van der Waals surface area contributed by atoms with Gasteiger partial charge in [0.2, 0.25) is 0 Å². The lowest BCUT2D eigenvalue weighted by Crippen LogP contribution is -2.30. The quantitative estimate of drug-likeness (QED) is 0.426. The molecule has 0 aromatic heterocycles. The van der Waals surface area contributed by atoms with E-state index in [0.29, 0.717) is 5.57 Å². The molecule has 0 radical (unpaired) electrons. The number of likely N-dealkylation sites (N-methyl/N-ethyl adjacent to an activating group) is 1. The van der Waals surface area contributed by atoms with E-state index in [1.165, 1.54) is 25.1 Å². The molecule has 1 aromatic carbocycles. The molecule has 1 aromatic rings. The molecule has 8 nitrogen and oxygen atoms in total. The van der Waals surface area contributed by atoms with Crippen LogP contribution in [0.5, 0.6) is 0 Å². The highest BCUT2D eigenvalue weighted by Gasteiger charge is 2.40. The number of benzene rings is 1. The number of carbonyl (C=O) groups excluding carboxylic acids is 2. The molecule has 2 aliphatic rings. The number of hydrogen-bond acceptors (Lipinski definition) is 7. The summed E-state index contributed by atoms with van der Waals surface area (Å²) in [7, 11) is 1.89. The number of rotatable bonds is 5. The van der Waals surface area contributed by atoms with Crippen LogP contribution in [0.15, 0.2) is 53.5 Å². The maximum atomic E-state index is 12.6. The third-order valence-corrected chi connectivity index (χ3v) is 5.30. The standard InChI is InChI=1S/C21H22N2O6/c1-5-28-21(25)19-13(3)22(4)18-10-9-14(11-16(18)19)29-20(24)15-7-6-8-17(12(15)2)23(26)27/h6-11,16,18H,5H2,1-4H3/t16-,18+/m0/s1. The minimum Gasteiger partial charge on any atom is -0.463 e. The van der Waals surface area contributed by atoms with Crippen molar-refractivity contribution < 1.29 is 24.0 Å². The summed E-state index contributed by atoms with van der Waals surface area (Å²) in [6, 6.07) is 4.19. The minimum atomic E-state index is -0.690. The van der Waals surface area contributed by atoms with E-state index < -0.39 is 16.9 Å². The van der Waals surface area contributed by atoms with Gasteiger partial charge in [0.05, 0.1) is 28.7 Å². The molecule has 152 valence electrons. The molecule has 1 aliphatic heterocycles. The molecule has 0 fully saturated rings. The van der Waals surface area contributed by atoms with Crippen molar-refractivity contribution in [2.45, 2.75) is 26.8 Å². The van der Waals surface area contributed by atoms with Crippen molar-refractivity contribution >= 4 is 17.6 Å². The number of allylic oxidation sites excluding steroid dienone is 2. The van der Waals surface area contributed by atoms with E-state index in [9.17, 15) is 19.7 Å². The van der Waals surface area contributed by atoms with Crippen LogP contribution in [0.1, 0.15) is 29.8 Å². The molecule has 0 bridgehead atoms. The Labute approximate surface area is 168 Å². The SMILES string of the molecule is CCOC(=O)C1=C(C)N(C)[C@@H]2C=CC(OC(=O)c3cccc([N+](=O)[O-])c3C)=C[C@H]12. The van der Waals surface area contributed by atoms with Crippen molar-refractivity contribution in [1.29, 1.82) is 0 Å². The summed E-state index contributed by atoms with van der Waals surface area (Å²) in [5, 5.41) is 11.1. The molecule has 0 saturated heterocycles. The van der Waals surface area contributed by atoms with E-state index in [1.54, 1.807) is 19.1 Å². The maximum Gasteiger partial charge on any atom is 0.344 e. The van der Waals surface area contributed by atoms with Crippen molar-refractivity contribution in [3.63, 3.8) is 0 Å². The number of fused-ring (bicyclic) bond motifs is 1. The van der Waals surface area contributed by atoms with Crippen molar-refractivity contribution in [3.8, 4) is 0 Å². The minimum absolute atomic E-state index is 0.0728. The molecule has 29 heavy (non-hydrogen) atoms. The summed E-state index contributed by atoms with van der Waals surface area (Å²) in [6.45, 7) is 5.37. The molecule has 1 heterocycles. The predicted molar refractivity (Wildman–Crippen MR) is 105 cm³/mol. The number of nitrogens with zero attached hydrogens (tertiary/aromatic N) is 2. The number of nitro benzene ring substituents is 1. The van der Waals surface area contributed by atoms with Gasteiger partial charge in [0.25, 0.3) is 5.69 Å². The Morgan fingerprint density at radius 1 is 1.24 bits per heavy atom. The highest BCUT2D eigenvalue weighted by molar-refractivity contribution is 5.93. The van der Waals surface area contributed by atoms with Gasteiger partial charge in [-0.25, -0.2) is 9.59 Å². The average Bonchev–Trinajstić information content (AvgIpc) is 2.92. The van der Waals surface area contributed by atoms with E-state index in [4.69, 9.17) is 9.47 Å². The third-order valence-electron chi connectivity index (χ3n) is 5.30. The topological polar surface area (TPSA) is 99.0 Å². The van der Waals surface area contributed by atoms with Crippen molar-refractivity contribution in [2.75, 3.05) is 13.7 Å². The Balaban J connectivity index is 1.87. The van der Waals surface area contributed by atoms with Gasteiger partial charge < -0.3 is 14.4 Å². The van der Waals surface area contributed by atoms with Gasteiger partial charge >= 0.3 is 11.9 Å². The van der Waals surface area contributed by atoms with E-state index in [1.807, 2.05) is 24.9 Å². The Bertz CT molecular complexity index is 975. The molecule has 2 atom stereocenters. The van der Waals surface area contributed by atoms with Crippen LogP contribution >= 0.6 is 0 Å². The van der Waals surface area contributed by atoms with Crippen molar-refractivity contribution in [3.05, 3.63) is 74.7 Å². The second-order valence-corrected chi connectivity index (χ2v) is 6.87. The number of esters is 2. The van der Waals surface area contributed by atoms with Crippen LogP contribution in [0.4, 0.5) is 5.69 Å². The summed E-state index contributed by atoms with van der Waals surface area (Å²) < 4.78 is 10.7. The Hall–Kier alpha value is -3.42. The van der Waals surface area contributed by atoms with E-state index in [0.717, 1.165) is 5.70 Å². The van der Waals surface area contributed by atoms with Gasteiger partial charge in [-0.3, -0.25) is 10.1 Å². The molecule has 0 unspecified atom stereocenters. The zero-order chi connectivity index (χ0) is 21.3. The smallest absolute Gasteiger partial charge is 0.344 e. The molecular weight excluding hydrogens is 376 g/mol. The normalized spacial score (nSPS) is 20.3. The summed E-state index contributed by atoms with van der Waals surface area (Å²) in [5.41, 5.74) is 1.55. The first-order valence-electron chi connectivity index (χ1n) is 9.23. The second kappa shape index (κ2) is 7.90. The molecular formula is C21H22N2O6. The average molecular weight is 398 g/mol. The first-order chi connectivity index (χ1) is 13.8. The Morgan fingerprint density at radius 2 is 1.97 bits per heavy atom. The summed E-state index contributed by atoms with van der Waals surface area (Å²) in [4.78, 5) is 37.6. The molecule has 0 amide bonds. The molecule has 8 heteroatoms. The van der Waals surface area contributed by atoms with Crippen LogP contribution in [-0.4, -0.2) is 41.5 Å². The summed E-state index contributed by atoms with van der Waals surface area (Å²) in [5.74, 6) is -1.11. The van der Waals surface area contributed by atoms with Gasteiger partial charge in [-0.1, -0.05) is 12.1 Å². The van der Waals surface area contributed by atoms with E-state index in [-0.39, 0.29) is 41.1 Å². The van der Waals surface area contributed by atoms with Gasteiger partial charge in [-0.15, -0.1) is 0 Å². The van der Waals surface area contributed by atoms with Gasteiger partial charge in [-0.2, -0.15) is 0 Å². The van der Waals surface area contributed by atoms with Gasteiger partial charge in [-0.05, 0) is 39.0 Å².